The molecule has 0 amide bonds. The molecule has 0 spiro atoms. The summed E-state index contributed by atoms with van der Waals surface area (Å²) < 4.78 is 46.2. The number of ether oxygens (including phenoxy) is 1. The van der Waals surface area contributed by atoms with Gasteiger partial charge < -0.3 is 9.53 Å². The first-order chi connectivity index (χ1) is 14.4. The number of carbonyl (C=O) groups excluding carboxylic acids is 1. The summed E-state index contributed by atoms with van der Waals surface area (Å²) in [7, 11) is 0. The van der Waals surface area contributed by atoms with Crippen molar-refractivity contribution in [3.05, 3.63) is 76.0 Å². The van der Waals surface area contributed by atoms with E-state index < -0.39 is 11.1 Å². The van der Waals surface area contributed by atoms with Gasteiger partial charge in [-0.3, -0.25) is 4.90 Å². The molecule has 3 aromatic rings. The van der Waals surface area contributed by atoms with E-state index in [0.717, 1.165) is 42.8 Å². The van der Waals surface area contributed by atoms with Crippen LogP contribution in [-0.4, -0.2) is 24.3 Å². The van der Waals surface area contributed by atoms with Crippen LogP contribution in [0.3, 0.4) is 0 Å². The van der Waals surface area contributed by atoms with E-state index in [0.29, 0.717) is 16.2 Å². The zero-order valence-corrected chi connectivity index (χ0v) is 16.9. The van der Waals surface area contributed by atoms with E-state index in [1.54, 1.807) is 36.4 Å². The van der Waals surface area contributed by atoms with Crippen LogP contribution in [-0.2, 0) is 24.1 Å². The summed E-state index contributed by atoms with van der Waals surface area (Å²) in [6.07, 6.45) is -3.42. The molecule has 30 heavy (non-hydrogen) atoms. The van der Waals surface area contributed by atoms with Gasteiger partial charge in [0.05, 0.1) is 0 Å². The number of nitrogens with zero attached hydrogens (tertiary/aromatic N) is 1. The van der Waals surface area contributed by atoms with Crippen LogP contribution in [0.4, 0.5) is 13.2 Å². The molecule has 7 heteroatoms. The summed E-state index contributed by atoms with van der Waals surface area (Å²) in [5.74, 6) is 0.747. The third kappa shape index (κ3) is 4.74. The van der Waals surface area contributed by atoms with Gasteiger partial charge in [-0.2, -0.15) is 13.2 Å². The highest BCUT2D eigenvalue weighted by Crippen LogP contribution is 2.43. The van der Waals surface area contributed by atoms with E-state index in [1.165, 1.54) is 0 Å². The summed E-state index contributed by atoms with van der Waals surface area (Å²) >= 11 is 0.720. The van der Waals surface area contributed by atoms with E-state index >= 15 is 0 Å². The number of hydrogen-bond donors (Lipinski definition) is 0. The van der Waals surface area contributed by atoms with E-state index in [4.69, 9.17) is 4.74 Å². The molecule has 1 aliphatic rings. The fourth-order valence-electron chi connectivity index (χ4n) is 3.48. The summed E-state index contributed by atoms with van der Waals surface area (Å²) in [6, 6.07) is 17.7. The van der Waals surface area contributed by atoms with Gasteiger partial charge in [0.25, 0.3) is 0 Å². The lowest BCUT2D eigenvalue weighted by molar-refractivity contribution is -0.133. The molecule has 0 radical (unpaired) electrons. The number of likely N-dealkylation sites (tertiary alicyclic amines) is 1. The van der Waals surface area contributed by atoms with Crippen LogP contribution in [0.2, 0.25) is 0 Å². The molecular formula is C23H20F3NO2S. The van der Waals surface area contributed by atoms with Crippen molar-refractivity contribution in [2.24, 2.45) is 5.92 Å². The minimum Gasteiger partial charge on any atom is -0.488 e. The smallest absolute Gasteiger partial charge is 0.426 e. The second-order valence-corrected chi connectivity index (χ2v) is 8.48. The summed E-state index contributed by atoms with van der Waals surface area (Å²) in [5.41, 5.74) is 1.83. The Kier molecular flexibility index (Phi) is 5.92. The van der Waals surface area contributed by atoms with Crippen LogP contribution in [0.25, 0.3) is 11.1 Å². The molecule has 3 nitrogen and oxygen atoms in total. The van der Waals surface area contributed by atoms with Crippen molar-refractivity contribution in [2.75, 3.05) is 13.1 Å². The van der Waals surface area contributed by atoms with Gasteiger partial charge in [-0.25, -0.2) is 0 Å². The molecule has 4 rings (SSSR count). The van der Waals surface area contributed by atoms with Crippen LogP contribution < -0.4 is 4.74 Å². The number of aldehydes is 1. The Hall–Kier alpha value is -2.64. The zero-order valence-electron chi connectivity index (χ0n) is 16.1. The number of benzene rings is 2. The van der Waals surface area contributed by atoms with Gasteiger partial charge in [-0.15, -0.1) is 11.3 Å². The third-order valence-corrected chi connectivity index (χ3v) is 6.17. The molecule has 0 bridgehead atoms. The lowest BCUT2D eigenvalue weighted by Gasteiger charge is -2.36. The number of alkyl halides is 3. The molecule has 0 atom stereocenters. The maximum absolute atomic E-state index is 13.5. The highest BCUT2D eigenvalue weighted by Gasteiger charge is 2.36. The normalized spacial score (nSPS) is 15.0. The second kappa shape index (κ2) is 8.62. The quantitative estimate of drug-likeness (QED) is 0.453. The van der Waals surface area contributed by atoms with Crippen molar-refractivity contribution in [2.45, 2.75) is 19.3 Å². The maximum atomic E-state index is 13.5. The van der Waals surface area contributed by atoms with Crippen molar-refractivity contribution in [1.29, 1.82) is 0 Å². The Labute approximate surface area is 176 Å². The van der Waals surface area contributed by atoms with E-state index in [-0.39, 0.29) is 18.1 Å². The fourth-order valence-corrected chi connectivity index (χ4v) is 4.44. The minimum absolute atomic E-state index is 0.0765. The van der Waals surface area contributed by atoms with Gasteiger partial charge in [0.15, 0.2) is 0 Å². The highest BCUT2D eigenvalue weighted by molar-refractivity contribution is 7.12. The van der Waals surface area contributed by atoms with Crippen molar-refractivity contribution >= 4 is 17.6 Å². The lowest BCUT2D eigenvalue weighted by atomic mass is 10.0. The van der Waals surface area contributed by atoms with E-state index in [9.17, 15) is 18.0 Å². The Morgan fingerprint density at radius 1 is 1.07 bits per heavy atom. The van der Waals surface area contributed by atoms with E-state index in [1.807, 2.05) is 24.3 Å². The molecule has 0 N–H and O–H groups in total. The summed E-state index contributed by atoms with van der Waals surface area (Å²) in [6.45, 7) is 2.41. The van der Waals surface area contributed by atoms with Crippen molar-refractivity contribution in [3.8, 4) is 16.9 Å². The Morgan fingerprint density at radius 2 is 1.77 bits per heavy atom. The number of halogens is 3. The number of thiophene rings is 1. The van der Waals surface area contributed by atoms with Gasteiger partial charge >= 0.3 is 6.18 Å². The predicted octanol–water partition coefficient (Wildman–Crippen LogP) is 5.64. The van der Waals surface area contributed by atoms with Crippen LogP contribution in [0.1, 0.15) is 15.3 Å². The van der Waals surface area contributed by atoms with Crippen LogP contribution in [0.5, 0.6) is 5.75 Å². The molecule has 1 aliphatic heterocycles. The monoisotopic (exact) mass is 431 g/mol. The SMILES string of the molecule is O=CC1CN(Cc2ccc(OCc3cc(-c4ccccc4)c(C(F)(F)F)s3)cc2)C1. The minimum atomic E-state index is -4.41. The molecule has 2 aromatic carbocycles. The lowest BCUT2D eigenvalue weighted by Crippen LogP contribution is -2.46. The number of carbonyl (C=O) groups is 1. The van der Waals surface area contributed by atoms with Gasteiger partial charge in [-0.1, -0.05) is 42.5 Å². The molecule has 1 aromatic heterocycles. The molecule has 1 saturated heterocycles. The molecule has 2 heterocycles. The number of hydrogen-bond acceptors (Lipinski definition) is 4. The highest BCUT2D eigenvalue weighted by atomic mass is 32.1. The second-order valence-electron chi connectivity index (χ2n) is 7.34. The first-order valence-electron chi connectivity index (χ1n) is 9.57. The maximum Gasteiger partial charge on any atom is 0.426 e. The average Bonchev–Trinajstić information content (AvgIpc) is 3.15. The van der Waals surface area contributed by atoms with Crippen LogP contribution >= 0.6 is 11.3 Å². The number of rotatable bonds is 7. The molecule has 156 valence electrons. The summed E-state index contributed by atoms with van der Waals surface area (Å²) in [4.78, 5) is 12.8. The third-order valence-electron chi connectivity index (χ3n) is 5.01. The van der Waals surface area contributed by atoms with Crippen molar-refractivity contribution in [1.82, 2.24) is 4.90 Å². The van der Waals surface area contributed by atoms with Gasteiger partial charge in [0.2, 0.25) is 0 Å². The van der Waals surface area contributed by atoms with E-state index in [2.05, 4.69) is 4.90 Å². The predicted molar refractivity (Wildman–Crippen MR) is 110 cm³/mol. The molecule has 0 aliphatic carbocycles. The fraction of sp³-hybridized carbons (Fsp3) is 0.261. The molecule has 1 fully saturated rings. The van der Waals surface area contributed by atoms with Crippen molar-refractivity contribution < 1.29 is 22.7 Å². The molecule has 0 unspecified atom stereocenters. The average molecular weight is 431 g/mol. The molecular weight excluding hydrogens is 411 g/mol. The Bertz CT molecular complexity index is 994. The van der Waals surface area contributed by atoms with Gasteiger partial charge in [-0.05, 0) is 29.3 Å². The standard InChI is InChI=1S/C23H20F3NO2S/c24-23(25,26)22-21(18-4-2-1-3-5-18)10-20(30-22)15-29-19-8-6-16(7-9-19)11-27-12-17(13-27)14-28/h1-10,14,17H,11-13,15H2. The first-order valence-corrected chi connectivity index (χ1v) is 10.4. The topological polar surface area (TPSA) is 29.5 Å². The zero-order chi connectivity index (χ0) is 21.1. The largest absolute Gasteiger partial charge is 0.488 e. The Morgan fingerprint density at radius 3 is 2.40 bits per heavy atom. The van der Waals surface area contributed by atoms with Crippen LogP contribution in [0, 0.1) is 5.92 Å². The van der Waals surface area contributed by atoms with Gasteiger partial charge in [0, 0.05) is 36.0 Å². The first kappa shape index (κ1) is 20.6. The van der Waals surface area contributed by atoms with Crippen molar-refractivity contribution in [3.63, 3.8) is 0 Å². The van der Waals surface area contributed by atoms with Gasteiger partial charge in [0.1, 0.15) is 23.5 Å². The summed E-state index contributed by atoms with van der Waals surface area (Å²) in [5, 5.41) is 0. The van der Waals surface area contributed by atoms with Crippen LogP contribution in [0.15, 0.2) is 60.7 Å². The Balaban J connectivity index is 1.41. The molecule has 0 saturated carbocycles.